The molecule has 0 radical (unpaired) electrons. The molecule has 0 saturated carbocycles. The zero-order valence-corrected chi connectivity index (χ0v) is 12.4. The molecule has 1 aromatic carbocycles. The normalized spacial score (nSPS) is 15.7. The highest BCUT2D eigenvalue weighted by Crippen LogP contribution is 2.31. The number of morpholine rings is 1. The van der Waals surface area contributed by atoms with Crippen LogP contribution < -0.4 is 10.2 Å². The quantitative estimate of drug-likeness (QED) is 0.942. The summed E-state index contributed by atoms with van der Waals surface area (Å²) >= 11 is 0. The lowest BCUT2D eigenvalue weighted by atomic mass is 10.1. The molecule has 1 N–H and O–H groups in total. The predicted octanol–water partition coefficient (Wildman–Crippen LogP) is 3.03. The van der Waals surface area contributed by atoms with E-state index in [-0.39, 0.29) is 5.82 Å². The van der Waals surface area contributed by atoms with Crippen LogP contribution in [0.2, 0.25) is 0 Å². The van der Waals surface area contributed by atoms with Gasteiger partial charge in [-0.3, -0.25) is 0 Å². The van der Waals surface area contributed by atoms with Gasteiger partial charge in [0.25, 0.3) is 0 Å². The molecule has 0 spiro atoms. The first-order chi connectivity index (χ1) is 10.1. The Morgan fingerprint density at radius 1 is 1.24 bits per heavy atom. The predicted molar refractivity (Wildman–Crippen MR) is 83.5 cm³/mol. The average molecular weight is 289 g/mol. The minimum absolute atomic E-state index is 0.236. The third-order valence-electron chi connectivity index (χ3n) is 3.58. The number of benzene rings is 1. The number of rotatable bonds is 3. The topological polar surface area (TPSA) is 37.4 Å². The number of fused-ring (bicyclic) bond motifs is 1. The summed E-state index contributed by atoms with van der Waals surface area (Å²) in [6, 6.07) is 5.19. The monoisotopic (exact) mass is 289 g/mol. The molecular formula is C16H20FN3O. The first-order valence-electron chi connectivity index (χ1n) is 7.32. The molecule has 1 aromatic heterocycles. The lowest BCUT2D eigenvalue weighted by Crippen LogP contribution is -2.36. The van der Waals surface area contributed by atoms with Crippen LogP contribution in [0.3, 0.4) is 0 Å². The van der Waals surface area contributed by atoms with Crippen molar-refractivity contribution >= 4 is 22.3 Å². The average Bonchev–Trinajstić information content (AvgIpc) is 2.47. The molecule has 4 nitrogen and oxygen atoms in total. The van der Waals surface area contributed by atoms with E-state index in [9.17, 15) is 4.39 Å². The standard InChI is InChI=1S/C16H20FN3O/c1-11(2)19-15-10-18-16(20-5-7-21-8-6-20)14-9-12(17)3-4-13(14)15/h3-4,9-11,19H,5-8H2,1-2H3. The van der Waals surface area contributed by atoms with Gasteiger partial charge in [0.15, 0.2) is 0 Å². The summed E-state index contributed by atoms with van der Waals surface area (Å²) in [6.07, 6.45) is 1.84. The van der Waals surface area contributed by atoms with Crippen LogP contribution in [-0.4, -0.2) is 37.3 Å². The second-order valence-electron chi connectivity index (χ2n) is 5.58. The van der Waals surface area contributed by atoms with Crippen molar-refractivity contribution in [3.63, 3.8) is 0 Å². The highest BCUT2D eigenvalue weighted by atomic mass is 19.1. The molecule has 5 heteroatoms. The number of aromatic nitrogens is 1. The third-order valence-corrected chi connectivity index (χ3v) is 3.58. The smallest absolute Gasteiger partial charge is 0.136 e. The van der Waals surface area contributed by atoms with E-state index in [1.165, 1.54) is 6.07 Å². The van der Waals surface area contributed by atoms with Crippen LogP contribution in [0.5, 0.6) is 0 Å². The van der Waals surface area contributed by atoms with Crippen molar-refractivity contribution in [2.24, 2.45) is 0 Å². The molecular weight excluding hydrogens is 269 g/mol. The molecule has 112 valence electrons. The summed E-state index contributed by atoms with van der Waals surface area (Å²) in [5.74, 6) is 0.600. The summed E-state index contributed by atoms with van der Waals surface area (Å²) in [6.45, 7) is 7.09. The van der Waals surface area contributed by atoms with Gasteiger partial charge in [0.2, 0.25) is 0 Å². The van der Waals surface area contributed by atoms with Crippen LogP contribution in [0.4, 0.5) is 15.9 Å². The van der Waals surface area contributed by atoms with Crippen molar-refractivity contribution in [2.75, 3.05) is 36.5 Å². The molecule has 0 unspecified atom stereocenters. The van der Waals surface area contributed by atoms with Gasteiger partial charge in [0.1, 0.15) is 11.6 Å². The maximum atomic E-state index is 13.7. The van der Waals surface area contributed by atoms with Crippen molar-refractivity contribution in [3.8, 4) is 0 Å². The van der Waals surface area contributed by atoms with E-state index in [0.29, 0.717) is 19.3 Å². The highest BCUT2D eigenvalue weighted by Gasteiger charge is 2.17. The van der Waals surface area contributed by atoms with E-state index in [1.54, 1.807) is 6.07 Å². The molecule has 2 heterocycles. The van der Waals surface area contributed by atoms with E-state index >= 15 is 0 Å². The van der Waals surface area contributed by atoms with Gasteiger partial charge in [-0.15, -0.1) is 0 Å². The molecule has 1 aliphatic heterocycles. The van der Waals surface area contributed by atoms with Crippen molar-refractivity contribution in [3.05, 3.63) is 30.2 Å². The Morgan fingerprint density at radius 3 is 2.71 bits per heavy atom. The Balaban J connectivity index is 2.10. The van der Waals surface area contributed by atoms with E-state index in [1.807, 2.05) is 12.3 Å². The fourth-order valence-corrected chi connectivity index (χ4v) is 2.65. The molecule has 3 rings (SSSR count). The van der Waals surface area contributed by atoms with E-state index in [4.69, 9.17) is 4.74 Å². The molecule has 2 aromatic rings. The van der Waals surface area contributed by atoms with Crippen LogP contribution >= 0.6 is 0 Å². The fraction of sp³-hybridized carbons (Fsp3) is 0.438. The lowest BCUT2D eigenvalue weighted by Gasteiger charge is -2.29. The van der Waals surface area contributed by atoms with Crippen molar-refractivity contribution in [1.82, 2.24) is 4.98 Å². The number of ether oxygens (including phenoxy) is 1. The Morgan fingerprint density at radius 2 is 2.00 bits per heavy atom. The van der Waals surface area contributed by atoms with Crippen molar-refractivity contribution in [1.29, 1.82) is 0 Å². The van der Waals surface area contributed by atoms with Gasteiger partial charge < -0.3 is 15.0 Å². The minimum Gasteiger partial charge on any atom is -0.381 e. The largest absolute Gasteiger partial charge is 0.381 e. The number of hydrogen-bond donors (Lipinski definition) is 1. The Kier molecular flexibility index (Phi) is 3.92. The third kappa shape index (κ3) is 2.93. The van der Waals surface area contributed by atoms with Crippen LogP contribution in [0, 0.1) is 5.82 Å². The summed E-state index contributed by atoms with van der Waals surface area (Å²) in [4.78, 5) is 6.72. The zero-order chi connectivity index (χ0) is 14.8. The Labute approximate surface area is 123 Å². The Hall–Kier alpha value is -1.88. The van der Waals surface area contributed by atoms with Gasteiger partial charge in [-0.25, -0.2) is 9.37 Å². The van der Waals surface area contributed by atoms with Crippen molar-refractivity contribution < 1.29 is 9.13 Å². The van der Waals surface area contributed by atoms with E-state index in [2.05, 4.69) is 29.0 Å². The van der Waals surface area contributed by atoms with Gasteiger partial charge in [0.05, 0.1) is 25.1 Å². The van der Waals surface area contributed by atoms with Crippen LogP contribution in [0.1, 0.15) is 13.8 Å². The molecule has 1 fully saturated rings. The number of anilines is 2. The maximum absolute atomic E-state index is 13.7. The fourth-order valence-electron chi connectivity index (χ4n) is 2.65. The summed E-state index contributed by atoms with van der Waals surface area (Å²) in [7, 11) is 0. The second-order valence-corrected chi connectivity index (χ2v) is 5.58. The number of pyridine rings is 1. The highest BCUT2D eigenvalue weighted by molar-refractivity contribution is 6.00. The molecule has 21 heavy (non-hydrogen) atoms. The lowest BCUT2D eigenvalue weighted by molar-refractivity contribution is 0.122. The van der Waals surface area contributed by atoms with Gasteiger partial charge in [-0.2, -0.15) is 0 Å². The number of nitrogens with zero attached hydrogens (tertiary/aromatic N) is 2. The Bertz CT molecular complexity index is 639. The molecule has 0 atom stereocenters. The second kappa shape index (κ2) is 5.85. The van der Waals surface area contributed by atoms with Gasteiger partial charge in [-0.05, 0) is 32.0 Å². The summed E-state index contributed by atoms with van der Waals surface area (Å²) < 4.78 is 19.1. The van der Waals surface area contributed by atoms with Crippen molar-refractivity contribution in [2.45, 2.75) is 19.9 Å². The van der Waals surface area contributed by atoms with Gasteiger partial charge in [-0.1, -0.05) is 0 Å². The van der Waals surface area contributed by atoms with Gasteiger partial charge >= 0.3 is 0 Å². The summed E-state index contributed by atoms with van der Waals surface area (Å²) in [5, 5.41) is 5.22. The minimum atomic E-state index is -0.236. The first-order valence-corrected chi connectivity index (χ1v) is 7.32. The maximum Gasteiger partial charge on any atom is 0.136 e. The number of nitrogens with one attached hydrogen (secondary N) is 1. The zero-order valence-electron chi connectivity index (χ0n) is 12.4. The number of halogens is 1. The molecule has 1 aliphatic rings. The van der Waals surface area contributed by atoms with E-state index < -0.39 is 0 Å². The van der Waals surface area contributed by atoms with Crippen LogP contribution in [0.15, 0.2) is 24.4 Å². The molecule has 0 aliphatic carbocycles. The molecule has 1 saturated heterocycles. The number of hydrogen-bond acceptors (Lipinski definition) is 4. The molecule has 0 amide bonds. The SMILES string of the molecule is CC(C)Nc1cnc(N2CCOCC2)c2cc(F)ccc12. The summed E-state index contributed by atoms with van der Waals surface area (Å²) in [5.41, 5.74) is 0.942. The van der Waals surface area contributed by atoms with E-state index in [0.717, 1.165) is 35.4 Å². The van der Waals surface area contributed by atoms with Crippen LogP contribution in [0.25, 0.3) is 10.8 Å². The first kappa shape index (κ1) is 14.1. The van der Waals surface area contributed by atoms with Gasteiger partial charge in [0, 0.05) is 29.9 Å². The molecule has 0 bridgehead atoms. The van der Waals surface area contributed by atoms with Crippen LogP contribution in [-0.2, 0) is 4.74 Å².